The molecule has 0 aliphatic carbocycles. The molecule has 0 radical (unpaired) electrons. The minimum atomic E-state index is -0.836. The molecule has 2 unspecified atom stereocenters. The van der Waals surface area contributed by atoms with Crippen LogP contribution in [-0.4, -0.2) is 28.6 Å². The summed E-state index contributed by atoms with van der Waals surface area (Å²) in [5.41, 5.74) is 0.947. The van der Waals surface area contributed by atoms with Crippen molar-refractivity contribution in [2.24, 2.45) is 5.92 Å². The first-order chi connectivity index (χ1) is 9.51. The number of carboxylic acids is 1. The van der Waals surface area contributed by atoms with Crippen LogP contribution in [0.15, 0.2) is 18.2 Å². The summed E-state index contributed by atoms with van der Waals surface area (Å²) in [6, 6.07) is 5.49. The highest BCUT2D eigenvalue weighted by molar-refractivity contribution is 5.73. The maximum absolute atomic E-state index is 13.1. The fourth-order valence-electron chi connectivity index (χ4n) is 2.65. The number of hydrogen-bond acceptors (Lipinski definition) is 3. The quantitative estimate of drug-likeness (QED) is 0.920. The largest absolute Gasteiger partial charge is 0.480 e. The number of carbonyl (C=O) groups is 1. The summed E-state index contributed by atoms with van der Waals surface area (Å²) in [5, 5.41) is 18.3. The molecule has 2 atom stereocenters. The molecule has 20 heavy (non-hydrogen) atoms. The Balaban J connectivity index is 2.20. The summed E-state index contributed by atoms with van der Waals surface area (Å²) >= 11 is 0. The van der Waals surface area contributed by atoms with Crippen LogP contribution < -0.4 is 0 Å². The van der Waals surface area contributed by atoms with Gasteiger partial charge in [0.05, 0.1) is 11.6 Å². The van der Waals surface area contributed by atoms with Gasteiger partial charge in [-0.15, -0.1) is 0 Å². The molecular weight excluding hydrogens is 259 g/mol. The van der Waals surface area contributed by atoms with Crippen molar-refractivity contribution in [2.75, 3.05) is 6.54 Å². The predicted molar refractivity (Wildman–Crippen MR) is 71.3 cm³/mol. The number of likely N-dealkylation sites (tertiary alicyclic amines) is 1. The molecule has 0 spiro atoms. The molecular formula is C15H17FN2O2. The lowest BCUT2D eigenvalue weighted by atomic mass is 9.91. The van der Waals surface area contributed by atoms with Gasteiger partial charge in [0.25, 0.3) is 0 Å². The van der Waals surface area contributed by atoms with Crippen molar-refractivity contribution in [3.05, 3.63) is 35.1 Å². The van der Waals surface area contributed by atoms with Gasteiger partial charge in [-0.25, -0.2) is 4.39 Å². The summed E-state index contributed by atoms with van der Waals surface area (Å²) in [6.45, 7) is 3.10. The van der Waals surface area contributed by atoms with E-state index in [-0.39, 0.29) is 5.56 Å². The van der Waals surface area contributed by atoms with E-state index in [1.54, 1.807) is 6.07 Å². The molecule has 1 fully saturated rings. The molecule has 1 saturated heterocycles. The van der Waals surface area contributed by atoms with Crippen LogP contribution in [0.1, 0.15) is 30.9 Å². The van der Waals surface area contributed by atoms with E-state index in [2.05, 4.69) is 0 Å². The first-order valence-electron chi connectivity index (χ1n) is 6.66. The highest BCUT2D eigenvalue weighted by Gasteiger charge is 2.31. The highest BCUT2D eigenvalue weighted by atomic mass is 19.1. The third-order valence-corrected chi connectivity index (χ3v) is 3.83. The lowest BCUT2D eigenvalue weighted by Crippen LogP contribution is -2.46. The molecule has 5 heteroatoms. The third-order valence-electron chi connectivity index (χ3n) is 3.83. The average molecular weight is 276 g/mol. The molecule has 0 aromatic heterocycles. The molecule has 1 heterocycles. The summed E-state index contributed by atoms with van der Waals surface area (Å²) in [4.78, 5) is 13.2. The van der Waals surface area contributed by atoms with Gasteiger partial charge < -0.3 is 5.11 Å². The van der Waals surface area contributed by atoms with Crippen molar-refractivity contribution in [1.82, 2.24) is 4.90 Å². The van der Waals surface area contributed by atoms with Crippen LogP contribution in [0.4, 0.5) is 4.39 Å². The number of aliphatic carboxylic acids is 1. The highest BCUT2D eigenvalue weighted by Crippen LogP contribution is 2.25. The van der Waals surface area contributed by atoms with Crippen LogP contribution >= 0.6 is 0 Å². The number of carboxylic acid groups (broad SMARTS) is 1. The normalized spacial score (nSPS) is 23.2. The van der Waals surface area contributed by atoms with Crippen LogP contribution in [0, 0.1) is 23.1 Å². The van der Waals surface area contributed by atoms with Gasteiger partial charge in [0.2, 0.25) is 0 Å². The molecule has 0 bridgehead atoms. The lowest BCUT2D eigenvalue weighted by molar-refractivity contribution is -0.145. The molecule has 1 aromatic carbocycles. The first-order valence-corrected chi connectivity index (χ1v) is 6.66. The number of nitrogens with zero attached hydrogens (tertiary/aromatic N) is 2. The van der Waals surface area contributed by atoms with Crippen LogP contribution in [-0.2, 0) is 11.3 Å². The second kappa shape index (κ2) is 6.02. The molecule has 106 valence electrons. The monoisotopic (exact) mass is 276 g/mol. The van der Waals surface area contributed by atoms with Crippen LogP contribution in [0.2, 0.25) is 0 Å². The predicted octanol–water partition coefficient (Wildman–Crippen LogP) is 2.38. The molecule has 0 saturated carbocycles. The van der Waals surface area contributed by atoms with Gasteiger partial charge in [-0.2, -0.15) is 5.26 Å². The Morgan fingerprint density at radius 2 is 2.35 bits per heavy atom. The Morgan fingerprint density at radius 1 is 1.60 bits per heavy atom. The second-order valence-electron chi connectivity index (χ2n) is 5.37. The Hall–Kier alpha value is -1.93. The fraction of sp³-hybridized carbons (Fsp3) is 0.467. The zero-order chi connectivity index (χ0) is 14.7. The molecule has 0 amide bonds. The Bertz CT molecular complexity index is 553. The van der Waals surface area contributed by atoms with Crippen molar-refractivity contribution in [1.29, 1.82) is 5.26 Å². The van der Waals surface area contributed by atoms with Crippen LogP contribution in [0.25, 0.3) is 0 Å². The molecule has 1 aliphatic rings. The molecule has 4 nitrogen and oxygen atoms in total. The van der Waals surface area contributed by atoms with Crippen molar-refractivity contribution >= 4 is 5.97 Å². The van der Waals surface area contributed by atoms with E-state index in [0.29, 0.717) is 31.0 Å². The van der Waals surface area contributed by atoms with E-state index in [4.69, 9.17) is 5.26 Å². The van der Waals surface area contributed by atoms with E-state index in [9.17, 15) is 14.3 Å². The summed E-state index contributed by atoms with van der Waals surface area (Å²) in [7, 11) is 0. The standard InChI is InChI=1S/C15H17FN2O2/c1-10-4-5-18(14(6-10)15(19)20)9-11-2-3-13(16)7-12(11)8-17/h2-3,7,10,14H,4-6,9H2,1H3,(H,19,20). The maximum Gasteiger partial charge on any atom is 0.320 e. The molecule has 1 N–H and O–H groups in total. The lowest BCUT2D eigenvalue weighted by Gasteiger charge is -2.36. The Morgan fingerprint density at radius 3 is 3.00 bits per heavy atom. The van der Waals surface area contributed by atoms with E-state index in [0.717, 1.165) is 6.42 Å². The van der Waals surface area contributed by atoms with Crippen molar-refractivity contribution in [2.45, 2.75) is 32.4 Å². The summed E-state index contributed by atoms with van der Waals surface area (Å²) < 4.78 is 13.1. The summed E-state index contributed by atoms with van der Waals surface area (Å²) in [5.74, 6) is -0.902. The van der Waals surface area contributed by atoms with E-state index in [1.807, 2.05) is 17.9 Å². The van der Waals surface area contributed by atoms with Crippen LogP contribution in [0.3, 0.4) is 0 Å². The third kappa shape index (κ3) is 3.14. The zero-order valence-corrected chi connectivity index (χ0v) is 11.3. The van der Waals surface area contributed by atoms with Crippen molar-refractivity contribution in [3.63, 3.8) is 0 Å². The van der Waals surface area contributed by atoms with Gasteiger partial charge in [0, 0.05) is 6.54 Å². The number of halogens is 1. The van der Waals surface area contributed by atoms with Gasteiger partial charge in [0.1, 0.15) is 11.9 Å². The minimum Gasteiger partial charge on any atom is -0.480 e. The smallest absolute Gasteiger partial charge is 0.320 e. The van der Waals surface area contributed by atoms with E-state index >= 15 is 0 Å². The maximum atomic E-state index is 13.1. The van der Waals surface area contributed by atoms with Crippen molar-refractivity contribution < 1.29 is 14.3 Å². The zero-order valence-electron chi connectivity index (χ0n) is 11.3. The topological polar surface area (TPSA) is 64.3 Å². The van der Waals surface area contributed by atoms with Gasteiger partial charge >= 0.3 is 5.97 Å². The molecule has 1 aromatic rings. The molecule has 1 aliphatic heterocycles. The summed E-state index contributed by atoms with van der Waals surface area (Å²) in [6.07, 6.45) is 1.55. The van der Waals surface area contributed by atoms with E-state index in [1.165, 1.54) is 12.1 Å². The average Bonchev–Trinajstić information content (AvgIpc) is 2.42. The second-order valence-corrected chi connectivity index (χ2v) is 5.37. The number of benzene rings is 1. The Labute approximate surface area is 117 Å². The Kier molecular flexibility index (Phi) is 4.35. The minimum absolute atomic E-state index is 0.271. The van der Waals surface area contributed by atoms with E-state index < -0.39 is 17.8 Å². The fourth-order valence-corrected chi connectivity index (χ4v) is 2.65. The number of rotatable bonds is 3. The van der Waals surface area contributed by atoms with Crippen molar-refractivity contribution in [3.8, 4) is 6.07 Å². The van der Waals surface area contributed by atoms with Gasteiger partial charge in [-0.05, 0) is 43.0 Å². The number of nitriles is 1. The molecule has 2 rings (SSSR count). The van der Waals surface area contributed by atoms with Gasteiger partial charge in [0.15, 0.2) is 0 Å². The van der Waals surface area contributed by atoms with Crippen LogP contribution in [0.5, 0.6) is 0 Å². The first kappa shape index (κ1) is 14.5. The van der Waals surface area contributed by atoms with Gasteiger partial charge in [-0.1, -0.05) is 13.0 Å². The SMILES string of the molecule is CC1CCN(Cc2ccc(F)cc2C#N)C(C(=O)O)C1. The van der Waals surface area contributed by atoms with Gasteiger partial charge in [-0.3, -0.25) is 9.69 Å². The number of hydrogen-bond donors (Lipinski definition) is 1. The number of piperidine rings is 1.